The lowest BCUT2D eigenvalue weighted by Crippen LogP contribution is -2.29. The minimum atomic E-state index is -1.01. The monoisotopic (exact) mass is 341 g/mol. The van der Waals surface area contributed by atoms with Crippen molar-refractivity contribution in [3.8, 4) is 0 Å². The molecule has 1 heterocycles. The van der Waals surface area contributed by atoms with Crippen LogP contribution < -0.4 is 5.73 Å². The zero-order chi connectivity index (χ0) is 18.1. The molecule has 7 heteroatoms. The Kier molecular flexibility index (Phi) is 4.91. The van der Waals surface area contributed by atoms with Gasteiger partial charge in [-0.25, -0.2) is 18.0 Å². The Morgan fingerprint density at radius 3 is 2.38 bits per heavy atom. The molecular weight excluding hydrogens is 323 g/mol. The first kappa shape index (κ1) is 17.9. The van der Waals surface area contributed by atoms with E-state index in [0.717, 1.165) is 0 Å². The minimum absolute atomic E-state index is 0.00475. The van der Waals surface area contributed by atoms with E-state index in [9.17, 15) is 18.0 Å². The van der Waals surface area contributed by atoms with Crippen molar-refractivity contribution in [1.82, 2.24) is 0 Å². The van der Waals surface area contributed by atoms with Crippen LogP contribution in [0.4, 0.5) is 13.2 Å². The fraction of sp³-hybridized carbons (Fsp3) is 0.353. The number of hydrogen-bond acceptors (Lipinski definition) is 4. The summed E-state index contributed by atoms with van der Waals surface area (Å²) in [5.74, 6) is -4.71. The van der Waals surface area contributed by atoms with E-state index in [1.807, 2.05) is 0 Å². The molecule has 2 rings (SSSR count). The maximum absolute atomic E-state index is 13.8. The van der Waals surface area contributed by atoms with Crippen molar-refractivity contribution in [2.24, 2.45) is 11.7 Å². The highest BCUT2D eigenvalue weighted by Crippen LogP contribution is 2.27. The summed E-state index contributed by atoms with van der Waals surface area (Å²) in [5.41, 5.74) is 4.83. The van der Waals surface area contributed by atoms with Crippen molar-refractivity contribution in [3.63, 3.8) is 0 Å². The van der Waals surface area contributed by atoms with Gasteiger partial charge in [-0.05, 0) is 33.3 Å². The van der Waals surface area contributed by atoms with E-state index < -0.39 is 34.9 Å². The largest absolute Gasteiger partial charge is 0.456 e. The minimum Gasteiger partial charge on any atom is -0.456 e. The Labute approximate surface area is 137 Å². The summed E-state index contributed by atoms with van der Waals surface area (Å²) in [7, 11) is 0. The van der Waals surface area contributed by atoms with E-state index >= 15 is 0 Å². The molecule has 0 amide bonds. The molecule has 1 aromatic carbocycles. The quantitative estimate of drug-likeness (QED) is 0.857. The van der Waals surface area contributed by atoms with Gasteiger partial charge in [0.25, 0.3) is 0 Å². The molecule has 0 saturated carbocycles. The lowest BCUT2D eigenvalue weighted by atomic mass is 9.94. The van der Waals surface area contributed by atoms with Crippen LogP contribution in [0.25, 0.3) is 0 Å². The van der Waals surface area contributed by atoms with Crippen molar-refractivity contribution < 1.29 is 27.4 Å². The van der Waals surface area contributed by atoms with Gasteiger partial charge < -0.3 is 15.2 Å². The number of halogens is 3. The molecule has 24 heavy (non-hydrogen) atoms. The van der Waals surface area contributed by atoms with Crippen LogP contribution in [0.1, 0.15) is 26.3 Å². The molecule has 0 spiro atoms. The average molecular weight is 341 g/mol. The Morgan fingerprint density at radius 2 is 1.83 bits per heavy atom. The van der Waals surface area contributed by atoms with E-state index in [4.69, 9.17) is 15.2 Å². The standard InChI is InChI=1S/C17H18F3NO3/c1-17(2,3)24-16(22)15-14(21)9(4-5-23-15)6-11-12(19)7-10(18)8-13(11)20/h4-5,7-9H,6,21H2,1-3H3. The number of carbonyl (C=O) groups is 1. The number of esters is 1. The highest BCUT2D eigenvalue weighted by molar-refractivity contribution is 5.87. The maximum atomic E-state index is 13.8. The third-order valence-corrected chi connectivity index (χ3v) is 3.27. The molecule has 2 N–H and O–H groups in total. The summed E-state index contributed by atoms with van der Waals surface area (Å²) >= 11 is 0. The van der Waals surface area contributed by atoms with Gasteiger partial charge in [0.15, 0.2) is 0 Å². The molecule has 1 aliphatic heterocycles. The van der Waals surface area contributed by atoms with Crippen molar-refractivity contribution in [2.75, 3.05) is 0 Å². The number of benzene rings is 1. The smallest absolute Gasteiger partial charge is 0.376 e. The normalized spacial score (nSPS) is 17.7. The van der Waals surface area contributed by atoms with Gasteiger partial charge in [-0.2, -0.15) is 0 Å². The van der Waals surface area contributed by atoms with Crippen LogP contribution in [0.15, 0.2) is 35.9 Å². The molecule has 0 aromatic heterocycles. The Morgan fingerprint density at radius 1 is 1.25 bits per heavy atom. The second kappa shape index (κ2) is 6.59. The van der Waals surface area contributed by atoms with E-state index in [1.54, 1.807) is 20.8 Å². The Balaban J connectivity index is 2.27. The Hall–Kier alpha value is -2.44. The summed E-state index contributed by atoms with van der Waals surface area (Å²) in [6.07, 6.45) is 2.49. The molecule has 4 nitrogen and oxygen atoms in total. The summed E-state index contributed by atoms with van der Waals surface area (Å²) in [5, 5.41) is 0. The number of rotatable bonds is 3. The van der Waals surface area contributed by atoms with Crippen LogP contribution in [0, 0.1) is 23.4 Å². The lowest BCUT2D eigenvalue weighted by molar-refractivity contribution is -0.153. The van der Waals surface area contributed by atoms with E-state index in [2.05, 4.69) is 0 Å². The van der Waals surface area contributed by atoms with Gasteiger partial charge in [-0.3, -0.25) is 0 Å². The summed E-state index contributed by atoms with van der Waals surface area (Å²) in [6.45, 7) is 5.04. The number of ether oxygens (including phenoxy) is 2. The second-order valence-corrected chi connectivity index (χ2v) is 6.39. The first-order chi connectivity index (χ1) is 11.1. The van der Waals surface area contributed by atoms with Crippen LogP contribution in [0.2, 0.25) is 0 Å². The maximum Gasteiger partial charge on any atom is 0.376 e. The molecule has 1 aliphatic rings. The van der Waals surface area contributed by atoms with Gasteiger partial charge in [0.2, 0.25) is 5.76 Å². The van der Waals surface area contributed by atoms with E-state index in [-0.39, 0.29) is 23.4 Å². The van der Waals surface area contributed by atoms with Gasteiger partial charge in [0.05, 0.1) is 12.0 Å². The van der Waals surface area contributed by atoms with Gasteiger partial charge in [-0.1, -0.05) is 0 Å². The first-order valence-corrected chi connectivity index (χ1v) is 7.28. The van der Waals surface area contributed by atoms with Crippen LogP contribution in [-0.4, -0.2) is 11.6 Å². The fourth-order valence-corrected chi connectivity index (χ4v) is 2.20. The number of allylic oxidation sites excluding steroid dienone is 1. The molecule has 0 fully saturated rings. The topological polar surface area (TPSA) is 61.5 Å². The van der Waals surface area contributed by atoms with Crippen molar-refractivity contribution in [2.45, 2.75) is 32.8 Å². The van der Waals surface area contributed by atoms with E-state index in [0.29, 0.717) is 12.1 Å². The molecule has 0 bridgehead atoms. The molecule has 0 radical (unpaired) electrons. The second-order valence-electron chi connectivity index (χ2n) is 6.39. The SMILES string of the molecule is CC(C)(C)OC(=O)C1=C(N)C(Cc2c(F)cc(F)cc2F)C=CO1. The fourth-order valence-electron chi connectivity index (χ4n) is 2.20. The predicted molar refractivity (Wildman–Crippen MR) is 80.8 cm³/mol. The molecule has 130 valence electrons. The lowest BCUT2D eigenvalue weighted by Gasteiger charge is -2.24. The van der Waals surface area contributed by atoms with Crippen LogP contribution in [0.5, 0.6) is 0 Å². The van der Waals surface area contributed by atoms with Crippen molar-refractivity contribution in [3.05, 3.63) is 58.9 Å². The zero-order valence-electron chi connectivity index (χ0n) is 13.5. The molecular formula is C17H18F3NO3. The molecule has 1 unspecified atom stereocenters. The highest BCUT2D eigenvalue weighted by atomic mass is 19.1. The number of carbonyl (C=O) groups excluding carboxylic acids is 1. The number of hydrogen-bond donors (Lipinski definition) is 1. The molecule has 0 saturated heterocycles. The highest BCUT2D eigenvalue weighted by Gasteiger charge is 2.29. The summed E-state index contributed by atoms with van der Waals surface area (Å²) in [6, 6.07) is 1.19. The van der Waals surface area contributed by atoms with Gasteiger partial charge in [0.1, 0.15) is 23.1 Å². The Bertz CT molecular complexity index is 697. The summed E-state index contributed by atoms with van der Waals surface area (Å²) in [4.78, 5) is 12.1. The first-order valence-electron chi connectivity index (χ1n) is 7.28. The predicted octanol–water partition coefficient (Wildman–Crippen LogP) is 3.32. The van der Waals surface area contributed by atoms with Crippen molar-refractivity contribution >= 4 is 5.97 Å². The molecule has 1 aromatic rings. The van der Waals surface area contributed by atoms with Gasteiger partial charge in [-0.15, -0.1) is 0 Å². The van der Waals surface area contributed by atoms with Gasteiger partial charge >= 0.3 is 5.97 Å². The third kappa shape index (κ3) is 4.10. The number of nitrogens with two attached hydrogens (primary N) is 1. The van der Waals surface area contributed by atoms with Gasteiger partial charge in [0, 0.05) is 23.6 Å². The summed E-state index contributed by atoms with van der Waals surface area (Å²) < 4.78 is 50.8. The van der Waals surface area contributed by atoms with Crippen LogP contribution in [-0.2, 0) is 20.7 Å². The molecule has 1 atom stereocenters. The van der Waals surface area contributed by atoms with Crippen molar-refractivity contribution in [1.29, 1.82) is 0 Å². The average Bonchev–Trinajstić information content (AvgIpc) is 2.42. The molecule has 0 aliphatic carbocycles. The van der Waals surface area contributed by atoms with Crippen LogP contribution in [0.3, 0.4) is 0 Å². The zero-order valence-corrected chi connectivity index (χ0v) is 13.5. The van der Waals surface area contributed by atoms with E-state index in [1.165, 1.54) is 12.3 Å². The third-order valence-electron chi connectivity index (χ3n) is 3.27. The van der Waals surface area contributed by atoms with Crippen LogP contribution >= 0.6 is 0 Å².